The van der Waals surface area contributed by atoms with E-state index in [1.807, 2.05) is 50.2 Å². The number of thiocarbonyl (C=S) groups is 1. The molecule has 0 saturated heterocycles. The SMILES string of the molecule is Cc1cccc(/C=N/NC(=S)N/N=C/c2cccc(C)n2)n1. The first kappa shape index (κ1) is 15.7. The Labute approximate surface area is 134 Å². The minimum atomic E-state index is 0.285. The van der Waals surface area contributed by atoms with Crippen LogP contribution in [0.1, 0.15) is 22.8 Å². The molecule has 0 saturated carbocycles. The van der Waals surface area contributed by atoms with E-state index in [0.717, 1.165) is 22.8 Å². The summed E-state index contributed by atoms with van der Waals surface area (Å²) in [5.74, 6) is 0. The summed E-state index contributed by atoms with van der Waals surface area (Å²) < 4.78 is 0. The van der Waals surface area contributed by atoms with Crippen molar-refractivity contribution in [2.45, 2.75) is 13.8 Å². The first-order valence-electron chi connectivity index (χ1n) is 6.63. The number of hydrogen-bond acceptors (Lipinski definition) is 5. The van der Waals surface area contributed by atoms with Crippen LogP contribution in [0.5, 0.6) is 0 Å². The third-order valence-corrected chi connectivity index (χ3v) is 2.73. The molecule has 2 N–H and O–H groups in total. The molecule has 6 nitrogen and oxygen atoms in total. The van der Waals surface area contributed by atoms with Crippen LogP contribution in [0.2, 0.25) is 0 Å². The summed E-state index contributed by atoms with van der Waals surface area (Å²) in [6.45, 7) is 3.84. The molecule has 0 aliphatic rings. The predicted molar refractivity (Wildman–Crippen MR) is 92.0 cm³/mol. The molecule has 0 radical (unpaired) electrons. The lowest BCUT2D eigenvalue weighted by molar-refractivity contribution is 0.932. The van der Waals surface area contributed by atoms with E-state index in [-0.39, 0.29) is 5.11 Å². The Morgan fingerprint density at radius 2 is 1.36 bits per heavy atom. The van der Waals surface area contributed by atoms with Crippen molar-refractivity contribution in [1.29, 1.82) is 0 Å². The highest BCUT2D eigenvalue weighted by atomic mass is 32.1. The van der Waals surface area contributed by atoms with Crippen molar-refractivity contribution in [2.75, 3.05) is 0 Å². The van der Waals surface area contributed by atoms with Gasteiger partial charge in [0.2, 0.25) is 5.11 Å². The zero-order valence-electron chi connectivity index (χ0n) is 12.3. The minimum Gasteiger partial charge on any atom is -0.252 e. The average molecular weight is 312 g/mol. The van der Waals surface area contributed by atoms with Gasteiger partial charge in [0.25, 0.3) is 0 Å². The lowest BCUT2D eigenvalue weighted by Crippen LogP contribution is -2.28. The van der Waals surface area contributed by atoms with Crippen LogP contribution >= 0.6 is 12.2 Å². The molecule has 0 atom stereocenters. The van der Waals surface area contributed by atoms with Gasteiger partial charge in [0.1, 0.15) is 0 Å². The second-order valence-electron chi connectivity index (χ2n) is 4.48. The maximum atomic E-state index is 5.05. The number of nitrogens with one attached hydrogen (secondary N) is 2. The quantitative estimate of drug-likeness (QED) is 0.512. The highest BCUT2D eigenvalue weighted by Crippen LogP contribution is 1.95. The van der Waals surface area contributed by atoms with E-state index in [9.17, 15) is 0 Å². The summed E-state index contributed by atoms with van der Waals surface area (Å²) in [4.78, 5) is 8.58. The van der Waals surface area contributed by atoms with Gasteiger partial charge in [0, 0.05) is 11.4 Å². The Morgan fingerprint density at radius 1 is 0.909 bits per heavy atom. The van der Waals surface area contributed by atoms with Gasteiger partial charge in [-0.3, -0.25) is 20.8 Å². The van der Waals surface area contributed by atoms with E-state index in [1.165, 1.54) is 0 Å². The van der Waals surface area contributed by atoms with Gasteiger partial charge in [0.05, 0.1) is 23.8 Å². The molecule has 2 heterocycles. The van der Waals surface area contributed by atoms with Crippen molar-refractivity contribution >= 4 is 29.8 Å². The summed E-state index contributed by atoms with van der Waals surface area (Å²) in [5, 5.41) is 8.27. The van der Waals surface area contributed by atoms with Crippen molar-refractivity contribution < 1.29 is 0 Å². The number of aromatic nitrogens is 2. The second-order valence-corrected chi connectivity index (χ2v) is 4.89. The smallest absolute Gasteiger partial charge is 0.207 e. The van der Waals surface area contributed by atoms with Crippen LogP contribution in [0.3, 0.4) is 0 Å². The largest absolute Gasteiger partial charge is 0.252 e. The number of rotatable bonds is 4. The summed E-state index contributed by atoms with van der Waals surface area (Å²) in [5.41, 5.74) is 8.69. The number of pyridine rings is 2. The Hall–Kier alpha value is -2.67. The third-order valence-electron chi connectivity index (χ3n) is 2.55. The summed E-state index contributed by atoms with van der Waals surface area (Å²) >= 11 is 5.05. The van der Waals surface area contributed by atoms with Crippen molar-refractivity contribution in [3.05, 3.63) is 59.2 Å². The molecule has 0 aliphatic carbocycles. The number of hydrogen-bond donors (Lipinski definition) is 2. The van der Waals surface area contributed by atoms with Gasteiger partial charge in [0.15, 0.2) is 0 Å². The van der Waals surface area contributed by atoms with Gasteiger partial charge >= 0.3 is 0 Å². The highest BCUT2D eigenvalue weighted by molar-refractivity contribution is 7.80. The van der Waals surface area contributed by atoms with Crippen LogP contribution in [-0.4, -0.2) is 27.5 Å². The molecule has 2 aromatic heterocycles. The van der Waals surface area contributed by atoms with Crippen molar-refractivity contribution in [2.24, 2.45) is 10.2 Å². The van der Waals surface area contributed by atoms with E-state index in [4.69, 9.17) is 12.2 Å². The molecule has 0 aliphatic heterocycles. The average Bonchev–Trinajstić information content (AvgIpc) is 2.47. The molecule has 0 aromatic carbocycles. The first-order valence-corrected chi connectivity index (χ1v) is 7.04. The van der Waals surface area contributed by atoms with E-state index in [1.54, 1.807) is 12.4 Å². The monoisotopic (exact) mass is 312 g/mol. The summed E-state index contributed by atoms with van der Waals surface area (Å²) in [6.07, 6.45) is 3.18. The second kappa shape index (κ2) is 7.94. The zero-order valence-corrected chi connectivity index (χ0v) is 13.1. The molecule has 2 rings (SSSR count). The van der Waals surface area contributed by atoms with E-state index in [0.29, 0.717) is 0 Å². The summed E-state index contributed by atoms with van der Waals surface area (Å²) in [6, 6.07) is 11.4. The normalized spacial score (nSPS) is 11.0. The Kier molecular flexibility index (Phi) is 5.67. The van der Waals surface area contributed by atoms with E-state index >= 15 is 0 Å². The predicted octanol–water partition coefficient (Wildman–Crippen LogP) is 1.93. The van der Waals surface area contributed by atoms with Gasteiger partial charge in [-0.15, -0.1) is 0 Å². The van der Waals surface area contributed by atoms with Crippen LogP contribution in [0.15, 0.2) is 46.6 Å². The molecule has 0 bridgehead atoms. The molecule has 0 fully saturated rings. The molecule has 112 valence electrons. The topological polar surface area (TPSA) is 74.6 Å². The van der Waals surface area contributed by atoms with Gasteiger partial charge < -0.3 is 0 Å². The number of hydrazone groups is 2. The standard InChI is InChI=1S/C15H16N6S/c1-11-5-3-7-13(18-11)9-16-20-15(22)21-17-10-14-8-4-6-12(2)19-14/h3-10H,1-2H3,(H2,20,21,22)/b16-9+,17-10+. The Morgan fingerprint density at radius 3 is 1.77 bits per heavy atom. The highest BCUT2D eigenvalue weighted by Gasteiger charge is 1.93. The van der Waals surface area contributed by atoms with Crippen LogP contribution in [0, 0.1) is 13.8 Å². The molecule has 7 heteroatoms. The molecular weight excluding hydrogens is 296 g/mol. The van der Waals surface area contributed by atoms with Crippen LogP contribution in [0.4, 0.5) is 0 Å². The van der Waals surface area contributed by atoms with Crippen LogP contribution < -0.4 is 10.9 Å². The lowest BCUT2D eigenvalue weighted by atomic mass is 10.3. The van der Waals surface area contributed by atoms with Gasteiger partial charge in [-0.05, 0) is 50.3 Å². The Balaban J connectivity index is 1.81. The molecular formula is C15H16N6S. The molecule has 22 heavy (non-hydrogen) atoms. The fourth-order valence-corrected chi connectivity index (χ4v) is 1.72. The van der Waals surface area contributed by atoms with E-state index < -0.39 is 0 Å². The summed E-state index contributed by atoms with van der Waals surface area (Å²) in [7, 11) is 0. The minimum absolute atomic E-state index is 0.285. The lowest BCUT2D eigenvalue weighted by Gasteiger charge is -2.01. The third kappa shape index (κ3) is 5.37. The maximum Gasteiger partial charge on any atom is 0.207 e. The zero-order chi connectivity index (χ0) is 15.8. The number of nitrogens with zero attached hydrogens (tertiary/aromatic N) is 4. The van der Waals surface area contributed by atoms with Gasteiger partial charge in [-0.2, -0.15) is 10.2 Å². The molecule has 0 spiro atoms. The first-order chi connectivity index (χ1) is 10.6. The van der Waals surface area contributed by atoms with Gasteiger partial charge in [-0.1, -0.05) is 12.1 Å². The number of aryl methyl sites for hydroxylation is 2. The van der Waals surface area contributed by atoms with Gasteiger partial charge in [-0.25, -0.2) is 0 Å². The van der Waals surface area contributed by atoms with Crippen LogP contribution in [-0.2, 0) is 0 Å². The van der Waals surface area contributed by atoms with Crippen molar-refractivity contribution in [1.82, 2.24) is 20.8 Å². The fraction of sp³-hybridized carbons (Fsp3) is 0.133. The maximum absolute atomic E-state index is 5.05. The van der Waals surface area contributed by atoms with Crippen molar-refractivity contribution in [3.63, 3.8) is 0 Å². The van der Waals surface area contributed by atoms with Crippen molar-refractivity contribution in [3.8, 4) is 0 Å². The molecule has 2 aromatic rings. The molecule has 0 unspecified atom stereocenters. The Bertz CT molecular complexity index is 651. The molecule has 0 amide bonds. The van der Waals surface area contributed by atoms with Crippen LogP contribution in [0.25, 0.3) is 0 Å². The fourth-order valence-electron chi connectivity index (χ4n) is 1.61. The van der Waals surface area contributed by atoms with E-state index in [2.05, 4.69) is 31.0 Å².